The van der Waals surface area contributed by atoms with Gasteiger partial charge in [0.1, 0.15) is 10.7 Å². The van der Waals surface area contributed by atoms with Crippen molar-refractivity contribution >= 4 is 58.4 Å². The summed E-state index contributed by atoms with van der Waals surface area (Å²) in [5.74, 6) is 1.42. The van der Waals surface area contributed by atoms with Gasteiger partial charge >= 0.3 is 0 Å². The zero-order valence-electron chi connectivity index (χ0n) is 18.9. The first-order valence-corrected chi connectivity index (χ1v) is 11.9. The molecule has 0 spiro atoms. The third-order valence-electron chi connectivity index (χ3n) is 6.23. The molecule has 1 aliphatic carbocycles. The minimum atomic E-state index is 0. The predicted octanol–water partition coefficient (Wildman–Crippen LogP) is 5.43. The molecule has 2 fully saturated rings. The van der Waals surface area contributed by atoms with Crippen LogP contribution in [-0.2, 0) is 4.74 Å². The Morgan fingerprint density at radius 2 is 1.97 bits per heavy atom. The maximum absolute atomic E-state index is 5.43. The van der Waals surface area contributed by atoms with E-state index in [9.17, 15) is 0 Å². The number of methoxy groups -OCH3 is 1. The molecule has 0 amide bonds. The van der Waals surface area contributed by atoms with Crippen LogP contribution < -0.4 is 5.32 Å². The first kappa shape index (κ1) is 25.2. The molecule has 1 aromatic carbocycles. The van der Waals surface area contributed by atoms with Gasteiger partial charge in [0.15, 0.2) is 5.84 Å². The molecule has 1 N–H and O–H groups in total. The van der Waals surface area contributed by atoms with Gasteiger partial charge in [-0.3, -0.25) is 4.90 Å². The lowest BCUT2D eigenvalue weighted by molar-refractivity contribution is 0.0746. The highest BCUT2D eigenvalue weighted by atomic mass is 35.5. The lowest BCUT2D eigenvalue weighted by Gasteiger charge is -2.42. The number of benzene rings is 1. The minimum absolute atomic E-state index is 0. The van der Waals surface area contributed by atoms with Gasteiger partial charge in [-0.1, -0.05) is 26.0 Å². The van der Waals surface area contributed by atoms with E-state index >= 15 is 0 Å². The number of amidine groups is 1. The molecule has 0 bridgehead atoms. The molecule has 0 unspecified atom stereocenters. The molecule has 1 atom stereocenters. The van der Waals surface area contributed by atoms with E-state index in [4.69, 9.17) is 14.7 Å². The molecule has 1 saturated heterocycles. The number of hydrogen-bond acceptors (Lipinski definition) is 7. The molecular weight excluding hydrogens is 465 g/mol. The van der Waals surface area contributed by atoms with Gasteiger partial charge < -0.3 is 15.0 Å². The minimum Gasteiger partial charge on any atom is -0.385 e. The fourth-order valence-corrected chi connectivity index (χ4v) is 5.44. The van der Waals surface area contributed by atoms with Crippen LogP contribution in [0, 0.1) is 0 Å². The largest absolute Gasteiger partial charge is 0.385 e. The van der Waals surface area contributed by atoms with E-state index in [1.165, 1.54) is 12.8 Å². The number of ether oxygens (including phenoxy) is 1. The number of aromatic nitrogens is 1. The Morgan fingerprint density at radius 3 is 2.69 bits per heavy atom. The third-order valence-corrected chi connectivity index (χ3v) is 7.50. The lowest BCUT2D eigenvalue weighted by Crippen LogP contribution is -2.55. The second-order valence-electron chi connectivity index (χ2n) is 8.81. The Labute approximate surface area is 207 Å². The highest BCUT2D eigenvalue weighted by Crippen LogP contribution is 2.40. The van der Waals surface area contributed by atoms with Crippen LogP contribution in [0.3, 0.4) is 0 Å². The van der Waals surface area contributed by atoms with Gasteiger partial charge in [-0.25, -0.2) is 9.98 Å². The molecule has 1 saturated carbocycles. The Balaban J connectivity index is 0.00000144. The second kappa shape index (κ2) is 10.7. The van der Waals surface area contributed by atoms with Gasteiger partial charge in [-0.2, -0.15) is 0 Å². The molecule has 6 nitrogen and oxygen atoms in total. The third kappa shape index (κ3) is 5.07. The summed E-state index contributed by atoms with van der Waals surface area (Å²) < 4.78 is 5.43. The molecule has 32 heavy (non-hydrogen) atoms. The molecule has 1 aromatic heterocycles. The summed E-state index contributed by atoms with van der Waals surface area (Å²) in [4.78, 5) is 15.4. The summed E-state index contributed by atoms with van der Waals surface area (Å²) in [5.41, 5.74) is 3.05. The highest BCUT2D eigenvalue weighted by molar-refractivity contribution is 7.16. The van der Waals surface area contributed by atoms with Crippen LogP contribution in [0.1, 0.15) is 49.7 Å². The summed E-state index contributed by atoms with van der Waals surface area (Å²) in [5, 5.41) is 5.89. The summed E-state index contributed by atoms with van der Waals surface area (Å²) in [6.07, 6.45) is 3.75. The number of anilines is 2. The molecule has 176 valence electrons. The van der Waals surface area contributed by atoms with Crippen LogP contribution in [0.5, 0.6) is 0 Å². The van der Waals surface area contributed by atoms with Crippen LogP contribution >= 0.6 is 36.2 Å². The van der Waals surface area contributed by atoms with Crippen molar-refractivity contribution in [3.05, 3.63) is 35.0 Å². The average molecular weight is 499 g/mol. The van der Waals surface area contributed by atoms with Crippen LogP contribution in [0.2, 0.25) is 0 Å². The van der Waals surface area contributed by atoms with Crippen molar-refractivity contribution in [2.75, 3.05) is 38.7 Å². The van der Waals surface area contributed by atoms with Crippen molar-refractivity contribution in [1.82, 2.24) is 14.8 Å². The van der Waals surface area contributed by atoms with Crippen molar-refractivity contribution in [1.29, 1.82) is 0 Å². The number of aliphatic imine (C=N–C) groups is 1. The van der Waals surface area contributed by atoms with E-state index in [1.807, 2.05) is 0 Å². The summed E-state index contributed by atoms with van der Waals surface area (Å²) in [6, 6.07) is 9.59. The maximum atomic E-state index is 5.43. The molecule has 3 heterocycles. The number of nitrogens with one attached hydrogen (secondary N) is 1. The summed E-state index contributed by atoms with van der Waals surface area (Å²) >= 11 is 1.76. The van der Waals surface area contributed by atoms with E-state index in [1.54, 1.807) is 18.4 Å². The number of hydrogen-bond donors (Lipinski definition) is 1. The molecular formula is C23H33Cl2N5OS. The second-order valence-corrected chi connectivity index (χ2v) is 9.84. The van der Waals surface area contributed by atoms with Gasteiger partial charge in [0, 0.05) is 51.4 Å². The van der Waals surface area contributed by atoms with Crippen molar-refractivity contribution in [3.63, 3.8) is 0 Å². The lowest BCUT2D eigenvalue weighted by atomic mass is 10.1. The Kier molecular flexibility index (Phi) is 8.44. The Bertz CT molecular complexity index is 946. The number of thiazole rings is 1. The standard InChI is InChI=1S/C23H31N5OS.2ClH/c1-15(2)22-26-20-21(24-18-6-4-5-7-19(18)25-23(20)30-22)27-11-12-28(16-8-9-16)17(14-27)10-13-29-3;;/h4-7,15-17,25H,8-14H2,1-3H3;2*1H/t17-;;/m0../s1. The first-order chi connectivity index (χ1) is 14.6. The molecule has 2 aliphatic heterocycles. The number of fused-ring (bicyclic) bond motifs is 2. The number of para-hydroxylation sites is 2. The highest BCUT2D eigenvalue weighted by Gasteiger charge is 2.39. The smallest absolute Gasteiger partial charge is 0.158 e. The first-order valence-electron chi connectivity index (χ1n) is 11.1. The summed E-state index contributed by atoms with van der Waals surface area (Å²) in [7, 11) is 1.80. The Morgan fingerprint density at radius 1 is 1.19 bits per heavy atom. The molecule has 5 rings (SSSR count). The maximum Gasteiger partial charge on any atom is 0.158 e. The monoisotopic (exact) mass is 497 g/mol. The van der Waals surface area contributed by atoms with Crippen molar-refractivity contribution in [3.8, 4) is 0 Å². The summed E-state index contributed by atoms with van der Waals surface area (Å²) in [6.45, 7) is 8.28. The van der Waals surface area contributed by atoms with Crippen molar-refractivity contribution in [2.24, 2.45) is 4.99 Å². The SMILES string of the molecule is COCC[C@H]1CN(C2=Nc3ccccc3Nc3sc(C(C)C)nc32)CCN1C1CC1.Cl.Cl. The zero-order valence-corrected chi connectivity index (χ0v) is 21.4. The van der Waals surface area contributed by atoms with Crippen LogP contribution in [0.25, 0.3) is 0 Å². The number of piperazine rings is 1. The zero-order chi connectivity index (χ0) is 20.7. The van der Waals surface area contributed by atoms with Gasteiger partial charge in [-0.15, -0.1) is 36.2 Å². The predicted molar refractivity (Wildman–Crippen MR) is 138 cm³/mol. The van der Waals surface area contributed by atoms with Gasteiger partial charge in [0.05, 0.1) is 16.4 Å². The van der Waals surface area contributed by atoms with Gasteiger partial charge in [0.25, 0.3) is 0 Å². The molecule has 9 heteroatoms. The number of nitrogens with zero attached hydrogens (tertiary/aromatic N) is 4. The quantitative estimate of drug-likeness (QED) is 0.596. The van der Waals surface area contributed by atoms with E-state index in [2.05, 4.69) is 53.2 Å². The average Bonchev–Trinajstić information content (AvgIpc) is 3.53. The van der Waals surface area contributed by atoms with Crippen molar-refractivity contribution in [2.45, 2.75) is 51.1 Å². The number of halogens is 2. The number of rotatable bonds is 5. The van der Waals surface area contributed by atoms with E-state index < -0.39 is 0 Å². The molecule has 3 aliphatic rings. The van der Waals surface area contributed by atoms with Crippen LogP contribution in [-0.4, -0.2) is 66.1 Å². The fourth-order valence-electron chi connectivity index (χ4n) is 4.47. The normalized spacial score (nSPS) is 20.3. The molecule has 2 aromatic rings. The van der Waals surface area contributed by atoms with E-state index in [0.29, 0.717) is 12.0 Å². The fraction of sp³-hybridized carbons (Fsp3) is 0.565. The Hall–Kier alpha value is -1.38. The van der Waals surface area contributed by atoms with Crippen molar-refractivity contribution < 1.29 is 4.74 Å². The van der Waals surface area contributed by atoms with Crippen LogP contribution in [0.15, 0.2) is 29.3 Å². The van der Waals surface area contributed by atoms with E-state index in [0.717, 1.165) is 71.6 Å². The van der Waals surface area contributed by atoms with E-state index in [-0.39, 0.29) is 24.8 Å². The van der Waals surface area contributed by atoms with Gasteiger partial charge in [0.2, 0.25) is 0 Å². The van der Waals surface area contributed by atoms with Crippen LogP contribution in [0.4, 0.5) is 16.4 Å². The molecule has 0 radical (unpaired) electrons. The van der Waals surface area contributed by atoms with Gasteiger partial charge in [-0.05, 0) is 31.4 Å². The topological polar surface area (TPSA) is 53.0 Å².